The molecule has 0 amide bonds. The third-order valence-electron chi connectivity index (χ3n) is 2.38. The Labute approximate surface area is 111 Å². The minimum atomic E-state index is 0.805. The van der Waals surface area contributed by atoms with E-state index in [1.807, 2.05) is 35.7 Å². The summed E-state index contributed by atoms with van der Waals surface area (Å²) in [5.41, 5.74) is 1.99. The van der Waals surface area contributed by atoms with Crippen LogP contribution in [0.25, 0.3) is 22.0 Å². The molecule has 4 heteroatoms. The molecule has 17 heavy (non-hydrogen) atoms. The second kappa shape index (κ2) is 4.47. The van der Waals surface area contributed by atoms with Gasteiger partial charge in [0.25, 0.3) is 0 Å². The first-order chi connectivity index (χ1) is 8.34. The average molecular weight is 306 g/mol. The van der Waals surface area contributed by atoms with Crippen molar-refractivity contribution in [1.29, 1.82) is 0 Å². The van der Waals surface area contributed by atoms with Gasteiger partial charge in [-0.25, -0.2) is 4.98 Å². The monoisotopic (exact) mass is 305 g/mol. The predicted octanol–water partition coefficient (Wildman–Crippen LogP) is 4.83. The number of nitrogens with zero attached hydrogens (tertiary/aromatic N) is 1. The number of hydrogen-bond acceptors (Lipinski definition) is 3. The highest BCUT2D eigenvalue weighted by atomic mass is 79.9. The summed E-state index contributed by atoms with van der Waals surface area (Å²) in [6.45, 7) is 0. The minimum Gasteiger partial charge on any atom is -0.463 e. The molecular formula is C13H8BrNOS. The van der Waals surface area contributed by atoms with Crippen LogP contribution in [0.1, 0.15) is 0 Å². The van der Waals surface area contributed by atoms with Gasteiger partial charge in [0.05, 0.1) is 6.26 Å². The molecule has 3 aromatic rings. The van der Waals surface area contributed by atoms with Crippen LogP contribution in [0.15, 0.2) is 56.9 Å². The van der Waals surface area contributed by atoms with Gasteiger partial charge in [0, 0.05) is 15.4 Å². The molecule has 84 valence electrons. The summed E-state index contributed by atoms with van der Waals surface area (Å²) in [6, 6.07) is 11.9. The Hall–Kier alpha value is -1.39. The Morgan fingerprint density at radius 3 is 2.76 bits per heavy atom. The Balaban J connectivity index is 2.04. The van der Waals surface area contributed by atoms with E-state index in [1.165, 1.54) is 0 Å². The van der Waals surface area contributed by atoms with Crippen LogP contribution in [0.4, 0.5) is 0 Å². The Morgan fingerprint density at radius 1 is 1.12 bits per heavy atom. The maximum Gasteiger partial charge on any atom is 0.153 e. The topological polar surface area (TPSA) is 26.0 Å². The molecule has 0 atom stereocenters. The van der Waals surface area contributed by atoms with Gasteiger partial charge in [-0.3, -0.25) is 0 Å². The molecule has 0 aliphatic heterocycles. The molecular weight excluding hydrogens is 298 g/mol. The van der Waals surface area contributed by atoms with Crippen LogP contribution in [0.5, 0.6) is 0 Å². The quantitative estimate of drug-likeness (QED) is 0.677. The second-order valence-corrected chi connectivity index (χ2v) is 5.21. The molecule has 0 saturated carbocycles. The summed E-state index contributed by atoms with van der Waals surface area (Å²) in [5, 5.41) is 3.00. The van der Waals surface area contributed by atoms with Gasteiger partial charge in [-0.1, -0.05) is 34.1 Å². The van der Waals surface area contributed by atoms with Crippen LogP contribution in [-0.2, 0) is 0 Å². The third kappa shape index (κ3) is 2.06. The zero-order valence-electron chi connectivity index (χ0n) is 8.76. The molecule has 2 heterocycles. The lowest BCUT2D eigenvalue weighted by Crippen LogP contribution is -1.78. The standard InChI is InChI=1S/C13H8BrNOS/c14-10-5-2-1-4-9(10)13-15-11(8-17-13)12-6-3-7-16-12/h1-8H. The van der Waals surface area contributed by atoms with Crippen molar-refractivity contribution in [3.05, 3.63) is 52.5 Å². The normalized spacial score (nSPS) is 10.6. The lowest BCUT2D eigenvalue weighted by molar-refractivity contribution is 0.580. The molecule has 1 aromatic carbocycles. The molecule has 0 bridgehead atoms. The number of halogens is 1. The van der Waals surface area contributed by atoms with Gasteiger partial charge in [0.1, 0.15) is 10.7 Å². The van der Waals surface area contributed by atoms with Crippen molar-refractivity contribution in [3.8, 4) is 22.0 Å². The van der Waals surface area contributed by atoms with Crippen LogP contribution < -0.4 is 0 Å². The first-order valence-electron chi connectivity index (χ1n) is 5.09. The number of rotatable bonds is 2. The third-order valence-corrected chi connectivity index (χ3v) is 3.95. The molecule has 2 aromatic heterocycles. The highest BCUT2D eigenvalue weighted by Crippen LogP contribution is 2.33. The maximum atomic E-state index is 5.33. The molecule has 0 spiro atoms. The second-order valence-electron chi connectivity index (χ2n) is 3.50. The number of aromatic nitrogens is 1. The van der Waals surface area contributed by atoms with E-state index in [4.69, 9.17) is 4.42 Å². The van der Waals surface area contributed by atoms with E-state index in [2.05, 4.69) is 27.0 Å². The molecule has 2 nitrogen and oxygen atoms in total. The highest BCUT2D eigenvalue weighted by molar-refractivity contribution is 9.10. The fraction of sp³-hybridized carbons (Fsp3) is 0. The van der Waals surface area contributed by atoms with Gasteiger partial charge in [-0.2, -0.15) is 0 Å². The van der Waals surface area contributed by atoms with Crippen molar-refractivity contribution in [2.24, 2.45) is 0 Å². The summed E-state index contributed by atoms with van der Waals surface area (Å²) in [5.74, 6) is 0.805. The number of hydrogen-bond donors (Lipinski definition) is 0. The molecule has 0 saturated heterocycles. The summed E-state index contributed by atoms with van der Waals surface area (Å²) >= 11 is 5.15. The van der Waals surface area contributed by atoms with Crippen LogP contribution >= 0.6 is 27.3 Å². The van der Waals surface area contributed by atoms with E-state index < -0.39 is 0 Å². The van der Waals surface area contributed by atoms with E-state index in [0.717, 1.165) is 26.5 Å². The van der Waals surface area contributed by atoms with E-state index in [1.54, 1.807) is 17.6 Å². The SMILES string of the molecule is Brc1ccccc1-c1nc(-c2ccco2)cs1. The Bertz CT molecular complexity index is 630. The summed E-state index contributed by atoms with van der Waals surface area (Å²) in [6.07, 6.45) is 1.66. The summed E-state index contributed by atoms with van der Waals surface area (Å²) < 4.78 is 6.39. The van der Waals surface area contributed by atoms with Crippen LogP contribution in [0, 0.1) is 0 Å². The van der Waals surface area contributed by atoms with Gasteiger partial charge in [-0.15, -0.1) is 11.3 Å². The van der Waals surface area contributed by atoms with Crippen molar-refractivity contribution in [3.63, 3.8) is 0 Å². The van der Waals surface area contributed by atoms with Crippen molar-refractivity contribution in [2.75, 3.05) is 0 Å². The van der Waals surface area contributed by atoms with Crippen molar-refractivity contribution in [1.82, 2.24) is 4.98 Å². The lowest BCUT2D eigenvalue weighted by Gasteiger charge is -1.98. The number of thiazole rings is 1. The average Bonchev–Trinajstić information content (AvgIpc) is 3.00. The largest absolute Gasteiger partial charge is 0.463 e. The number of benzene rings is 1. The fourth-order valence-corrected chi connectivity index (χ4v) is 3.02. The predicted molar refractivity (Wildman–Crippen MR) is 73.0 cm³/mol. The lowest BCUT2D eigenvalue weighted by atomic mass is 10.2. The molecule has 3 rings (SSSR count). The van der Waals surface area contributed by atoms with E-state index in [-0.39, 0.29) is 0 Å². The minimum absolute atomic E-state index is 0.805. The van der Waals surface area contributed by atoms with Crippen LogP contribution in [-0.4, -0.2) is 4.98 Å². The molecule has 0 aliphatic carbocycles. The van der Waals surface area contributed by atoms with Gasteiger partial charge < -0.3 is 4.42 Å². The van der Waals surface area contributed by atoms with Gasteiger partial charge in [-0.05, 0) is 18.2 Å². The first kappa shape index (κ1) is 10.7. The van der Waals surface area contributed by atoms with Gasteiger partial charge in [0.15, 0.2) is 5.76 Å². The van der Waals surface area contributed by atoms with Crippen molar-refractivity contribution >= 4 is 27.3 Å². The highest BCUT2D eigenvalue weighted by Gasteiger charge is 2.10. The maximum absolute atomic E-state index is 5.33. The first-order valence-corrected chi connectivity index (χ1v) is 6.76. The summed E-state index contributed by atoms with van der Waals surface area (Å²) in [7, 11) is 0. The molecule has 0 unspecified atom stereocenters. The van der Waals surface area contributed by atoms with E-state index in [9.17, 15) is 0 Å². The van der Waals surface area contributed by atoms with Crippen molar-refractivity contribution < 1.29 is 4.42 Å². The van der Waals surface area contributed by atoms with Gasteiger partial charge >= 0.3 is 0 Å². The Kier molecular flexibility index (Phi) is 2.82. The fourth-order valence-electron chi connectivity index (χ4n) is 1.57. The zero-order chi connectivity index (χ0) is 11.7. The molecule has 0 aliphatic rings. The Morgan fingerprint density at radius 2 is 2.00 bits per heavy atom. The van der Waals surface area contributed by atoms with Gasteiger partial charge in [0.2, 0.25) is 0 Å². The summed E-state index contributed by atoms with van der Waals surface area (Å²) in [4.78, 5) is 4.58. The van der Waals surface area contributed by atoms with E-state index >= 15 is 0 Å². The van der Waals surface area contributed by atoms with Crippen LogP contribution in [0.2, 0.25) is 0 Å². The molecule has 0 N–H and O–H groups in total. The molecule has 0 fully saturated rings. The molecule has 0 radical (unpaired) electrons. The van der Waals surface area contributed by atoms with E-state index in [0.29, 0.717) is 0 Å². The van der Waals surface area contributed by atoms with Crippen LogP contribution in [0.3, 0.4) is 0 Å². The smallest absolute Gasteiger partial charge is 0.153 e. The van der Waals surface area contributed by atoms with Crippen molar-refractivity contribution in [2.45, 2.75) is 0 Å². The number of furan rings is 1. The zero-order valence-corrected chi connectivity index (χ0v) is 11.2.